The van der Waals surface area contributed by atoms with Crippen LogP contribution >= 0.6 is 0 Å². The number of carbonyl (C=O) groups is 4. The fraction of sp³-hybridized carbons (Fsp3) is 0.429. The summed E-state index contributed by atoms with van der Waals surface area (Å²) in [4.78, 5) is 48.2. The Morgan fingerprint density at radius 1 is 0.757 bits per heavy atom. The van der Waals surface area contributed by atoms with Gasteiger partial charge in [0.25, 0.3) is 0 Å². The minimum atomic E-state index is -0.635. The minimum absolute atomic E-state index is 0.0272. The summed E-state index contributed by atoms with van der Waals surface area (Å²) in [5.74, 6) is -2.39. The molecular weight excluding hydrogens is 480 g/mol. The number of rotatable bonds is 11. The van der Waals surface area contributed by atoms with Crippen LogP contribution in [0.4, 0.5) is 0 Å². The number of unbranched alkanes of at least 4 members (excludes halogenated alkanes) is 1. The van der Waals surface area contributed by atoms with Gasteiger partial charge in [0.15, 0.2) is 0 Å². The molecule has 0 bridgehead atoms. The highest BCUT2D eigenvalue weighted by atomic mass is 16.6. The van der Waals surface area contributed by atoms with Crippen molar-refractivity contribution in [3.05, 3.63) is 35.4 Å². The maximum atomic E-state index is 12.3. The van der Waals surface area contributed by atoms with Crippen molar-refractivity contribution in [1.29, 1.82) is 0 Å². The predicted molar refractivity (Wildman–Crippen MR) is 137 cm³/mol. The second kappa shape index (κ2) is 13.5. The molecule has 0 N–H and O–H groups in total. The number of benzene rings is 2. The lowest BCUT2D eigenvalue weighted by Crippen LogP contribution is -2.14. The van der Waals surface area contributed by atoms with E-state index in [1.807, 2.05) is 26.8 Å². The van der Waals surface area contributed by atoms with Crippen molar-refractivity contribution in [2.45, 2.75) is 73.8 Å². The molecule has 0 aliphatic heterocycles. The second-order valence-corrected chi connectivity index (χ2v) is 8.71. The van der Waals surface area contributed by atoms with Crippen molar-refractivity contribution in [2.24, 2.45) is 0 Å². The van der Waals surface area contributed by atoms with Crippen LogP contribution in [0.2, 0.25) is 0 Å². The zero-order valence-electron chi connectivity index (χ0n) is 22.4. The van der Waals surface area contributed by atoms with Gasteiger partial charge in [-0.3, -0.25) is 19.2 Å². The van der Waals surface area contributed by atoms with Crippen LogP contribution < -0.4 is 18.9 Å². The zero-order valence-corrected chi connectivity index (χ0v) is 22.4. The van der Waals surface area contributed by atoms with Gasteiger partial charge in [0.05, 0.1) is 16.9 Å². The molecule has 0 radical (unpaired) electrons. The largest absolute Gasteiger partial charge is 0.426 e. The summed E-state index contributed by atoms with van der Waals surface area (Å²) in [7, 11) is 0. The van der Waals surface area contributed by atoms with Crippen molar-refractivity contribution >= 4 is 34.6 Å². The fourth-order valence-corrected chi connectivity index (χ4v) is 3.66. The van der Waals surface area contributed by atoms with Crippen molar-refractivity contribution in [3.8, 4) is 23.0 Å². The van der Waals surface area contributed by atoms with Crippen molar-refractivity contribution < 1.29 is 42.9 Å². The molecule has 0 saturated heterocycles. The first-order valence-corrected chi connectivity index (χ1v) is 12.1. The Morgan fingerprint density at radius 3 is 1.76 bits per heavy atom. The molecule has 2 aromatic carbocycles. The fourth-order valence-electron chi connectivity index (χ4n) is 3.66. The van der Waals surface area contributed by atoms with Gasteiger partial charge in [-0.15, -0.1) is 0 Å². The first kappa shape index (κ1) is 29.5. The van der Waals surface area contributed by atoms with Crippen LogP contribution in [0.1, 0.15) is 79.4 Å². The Balaban J connectivity index is 3.05. The highest BCUT2D eigenvalue weighted by Gasteiger charge is 2.28. The summed E-state index contributed by atoms with van der Waals surface area (Å²) < 4.78 is 28.2. The Bertz CT molecular complexity index is 1210. The van der Waals surface area contributed by atoms with Crippen LogP contribution in [0, 0.1) is 0 Å². The third-order valence-electron chi connectivity index (χ3n) is 5.06. The Kier molecular flexibility index (Phi) is 10.8. The Morgan fingerprint density at radius 2 is 1.27 bits per heavy atom. The van der Waals surface area contributed by atoms with Crippen LogP contribution in [-0.2, 0) is 23.9 Å². The van der Waals surface area contributed by atoms with Gasteiger partial charge >= 0.3 is 23.9 Å². The lowest BCUT2D eigenvalue weighted by Gasteiger charge is -2.24. The van der Waals surface area contributed by atoms with E-state index < -0.39 is 30.0 Å². The smallest absolute Gasteiger partial charge is 0.308 e. The highest BCUT2D eigenvalue weighted by molar-refractivity contribution is 6.06. The molecule has 2 aromatic rings. The maximum Gasteiger partial charge on any atom is 0.308 e. The van der Waals surface area contributed by atoms with E-state index >= 15 is 0 Å². The van der Waals surface area contributed by atoms with Crippen LogP contribution in [0.3, 0.4) is 0 Å². The molecule has 0 aromatic heterocycles. The third-order valence-corrected chi connectivity index (χ3v) is 5.06. The second-order valence-electron chi connectivity index (χ2n) is 8.71. The van der Waals surface area contributed by atoms with Crippen molar-refractivity contribution in [3.63, 3.8) is 0 Å². The van der Waals surface area contributed by atoms with Crippen LogP contribution in [0.25, 0.3) is 10.8 Å². The van der Waals surface area contributed by atoms with E-state index in [-0.39, 0.29) is 33.8 Å². The molecule has 0 amide bonds. The molecule has 1 unspecified atom stereocenters. The van der Waals surface area contributed by atoms with E-state index in [1.54, 1.807) is 0 Å². The Labute approximate surface area is 216 Å². The predicted octanol–water partition coefficient (Wildman–Crippen LogP) is 5.76. The number of allylic oxidation sites excluding steroid dienone is 1. The summed E-state index contributed by atoms with van der Waals surface area (Å²) in [6.07, 6.45) is 3.51. The molecule has 9 nitrogen and oxygen atoms in total. The van der Waals surface area contributed by atoms with Gasteiger partial charge in [-0.25, -0.2) is 0 Å². The topological polar surface area (TPSA) is 114 Å². The van der Waals surface area contributed by atoms with Gasteiger partial charge in [-0.05, 0) is 44.9 Å². The van der Waals surface area contributed by atoms with E-state index in [2.05, 4.69) is 0 Å². The average Bonchev–Trinajstić information content (AvgIpc) is 2.77. The van der Waals surface area contributed by atoms with Crippen LogP contribution in [0.15, 0.2) is 29.8 Å². The first-order valence-electron chi connectivity index (χ1n) is 12.1. The quantitative estimate of drug-likeness (QED) is 0.160. The maximum absolute atomic E-state index is 12.3. The lowest BCUT2D eigenvalue weighted by molar-refractivity contribution is -0.133. The number of esters is 4. The molecule has 0 saturated carbocycles. The molecule has 9 heteroatoms. The summed E-state index contributed by atoms with van der Waals surface area (Å²) in [6, 6.07) is 4.35. The van der Waals surface area contributed by atoms with E-state index in [9.17, 15) is 19.2 Å². The first-order chi connectivity index (χ1) is 17.4. The Hall–Kier alpha value is -3.72. The number of fused-ring (bicyclic) bond motifs is 1. The molecule has 37 heavy (non-hydrogen) atoms. The van der Waals surface area contributed by atoms with Crippen LogP contribution in [-0.4, -0.2) is 30.5 Å². The summed E-state index contributed by atoms with van der Waals surface area (Å²) in [5.41, 5.74) is 1.46. The normalized spacial score (nSPS) is 11.4. The number of ether oxygens (including phenoxy) is 5. The molecule has 0 heterocycles. The molecule has 0 fully saturated rings. The highest BCUT2D eigenvalue weighted by Crippen LogP contribution is 2.49. The van der Waals surface area contributed by atoms with Gasteiger partial charge in [0.2, 0.25) is 0 Å². The van der Waals surface area contributed by atoms with E-state index in [0.29, 0.717) is 18.6 Å². The standard InChI is InChI=1S/C28H34O9/c1-8-9-14-33-22(11-10-16(2)3)21-15-25(36-19(6)31)26-23(34-17(4)29)12-13-24(35-18(5)30)27(26)28(21)37-20(7)32/h10,12-13,15,22H,8-9,11,14H2,1-7H3. The summed E-state index contributed by atoms with van der Waals surface area (Å²) in [6.45, 7) is 11.3. The summed E-state index contributed by atoms with van der Waals surface area (Å²) in [5, 5.41) is 0.248. The summed E-state index contributed by atoms with van der Waals surface area (Å²) >= 11 is 0. The van der Waals surface area contributed by atoms with E-state index in [1.165, 1.54) is 45.9 Å². The van der Waals surface area contributed by atoms with Crippen LogP contribution in [0.5, 0.6) is 23.0 Å². The van der Waals surface area contributed by atoms with Gasteiger partial charge in [0, 0.05) is 39.9 Å². The van der Waals surface area contributed by atoms with Gasteiger partial charge in [-0.2, -0.15) is 0 Å². The molecule has 2 rings (SSSR count). The third kappa shape index (κ3) is 8.42. The molecule has 0 spiro atoms. The number of hydrogen-bond acceptors (Lipinski definition) is 9. The minimum Gasteiger partial charge on any atom is -0.426 e. The zero-order chi connectivity index (χ0) is 27.7. The van der Waals surface area contributed by atoms with Gasteiger partial charge in [0.1, 0.15) is 23.0 Å². The molecular formula is C28H34O9. The van der Waals surface area contributed by atoms with E-state index in [4.69, 9.17) is 23.7 Å². The number of hydrogen-bond donors (Lipinski definition) is 0. The number of carbonyl (C=O) groups excluding carboxylic acids is 4. The SMILES string of the molecule is CCCCOC(CC=C(C)C)c1cc(OC(C)=O)c2c(OC(C)=O)ccc(OC(C)=O)c2c1OC(C)=O. The van der Waals surface area contributed by atoms with Gasteiger partial charge in [-0.1, -0.05) is 25.0 Å². The molecule has 0 aliphatic carbocycles. The van der Waals surface area contributed by atoms with Gasteiger partial charge < -0.3 is 23.7 Å². The van der Waals surface area contributed by atoms with E-state index in [0.717, 1.165) is 18.4 Å². The lowest BCUT2D eigenvalue weighted by atomic mass is 9.96. The molecule has 1 atom stereocenters. The van der Waals surface area contributed by atoms with Crippen molar-refractivity contribution in [1.82, 2.24) is 0 Å². The molecule has 200 valence electrons. The average molecular weight is 515 g/mol. The van der Waals surface area contributed by atoms with Crippen molar-refractivity contribution in [2.75, 3.05) is 6.61 Å². The molecule has 0 aliphatic rings. The monoisotopic (exact) mass is 514 g/mol.